The number of halogens is 1. The molecule has 0 aromatic heterocycles. The molecule has 24 heavy (non-hydrogen) atoms. The van der Waals surface area contributed by atoms with Crippen molar-refractivity contribution in [2.24, 2.45) is 5.92 Å². The molecule has 2 atom stereocenters. The lowest BCUT2D eigenvalue weighted by Crippen LogP contribution is -2.39. The largest absolute Gasteiger partial charge is 0.373 e. The molecule has 0 spiro atoms. The zero-order valence-electron chi connectivity index (χ0n) is 14.2. The zero-order chi connectivity index (χ0) is 16.1. The average Bonchev–Trinajstić information content (AvgIpc) is 2.61. The van der Waals surface area contributed by atoms with Gasteiger partial charge in [-0.15, -0.1) is 12.4 Å². The maximum atomic E-state index is 12.7. The molecule has 2 aliphatic rings. The molecule has 132 valence electrons. The number of rotatable bonds is 4. The number of hydrogen-bond donors (Lipinski definition) is 2. The fourth-order valence-electron chi connectivity index (χ4n) is 3.30. The molecule has 1 amide bonds. The maximum Gasteiger partial charge on any atom is 0.226 e. The van der Waals surface area contributed by atoms with Gasteiger partial charge in [-0.05, 0) is 38.3 Å². The summed E-state index contributed by atoms with van der Waals surface area (Å²) in [6.07, 6.45) is 4.92. The van der Waals surface area contributed by atoms with Gasteiger partial charge in [0.1, 0.15) is 0 Å². The van der Waals surface area contributed by atoms with Gasteiger partial charge in [0.05, 0.1) is 12.0 Å². The molecule has 2 unspecified atom stereocenters. The number of carbonyl (C=O) groups excluding carboxylic acids is 1. The predicted octanol–water partition coefficient (Wildman–Crippen LogP) is 2.92. The van der Waals surface area contributed by atoms with Gasteiger partial charge >= 0.3 is 0 Å². The molecule has 1 fully saturated rings. The fraction of sp³-hybridized carbons (Fsp3) is 0.526. The summed E-state index contributed by atoms with van der Waals surface area (Å²) in [5, 5.41) is 6.41. The molecule has 4 nitrogen and oxygen atoms in total. The molecule has 0 aliphatic carbocycles. The first-order chi connectivity index (χ1) is 11.2. The SMILES string of the molecule is Cc1ccc(C2OCCCC2C(=O)NCC2=CCNCC2)cc1.Cl. The van der Waals surface area contributed by atoms with Gasteiger partial charge in [-0.25, -0.2) is 0 Å². The average molecular weight is 351 g/mol. The highest BCUT2D eigenvalue weighted by atomic mass is 35.5. The van der Waals surface area contributed by atoms with Gasteiger partial charge in [-0.2, -0.15) is 0 Å². The van der Waals surface area contributed by atoms with Crippen LogP contribution in [0.1, 0.15) is 36.5 Å². The number of aryl methyl sites for hydroxylation is 1. The third-order valence-electron chi connectivity index (χ3n) is 4.71. The summed E-state index contributed by atoms with van der Waals surface area (Å²) in [6, 6.07) is 8.34. The molecular weight excluding hydrogens is 324 g/mol. The first kappa shape index (κ1) is 19.0. The quantitative estimate of drug-likeness (QED) is 0.821. The van der Waals surface area contributed by atoms with Gasteiger partial charge in [-0.1, -0.05) is 41.5 Å². The number of carbonyl (C=O) groups is 1. The lowest BCUT2D eigenvalue weighted by molar-refractivity contribution is -0.134. The highest BCUT2D eigenvalue weighted by molar-refractivity contribution is 5.85. The maximum absolute atomic E-state index is 12.7. The summed E-state index contributed by atoms with van der Waals surface area (Å²) in [6.45, 7) is 5.38. The predicted molar refractivity (Wildman–Crippen MR) is 98.4 cm³/mol. The van der Waals surface area contributed by atoms with Crippen LogP contribution in [0.3, 0.4) is 0 Å². The van der Waals surface area contributed by atoms with Crippen molar-refractivity contribution in [3.8, 4) is 0 Å². The molecule has 0 radical (unpaired) electrons. The van der Waals surface area contributed by atoms with Gasteiger partial charge in [0.2, 0.25) is 5.91 Å². The van der Waals surface area contributed by atoms with Crippen molar-refractivity contribution in [2.75, 3.05) is 26.2 Å². The van der Waals surface area contributed by atoms with Crippen LogP contribution in [-0.2, 0) is 9.53 Å². The first-order valence-corrected chi connectivity index (χ1v) is 8.58. The van der Waals surface area contributed by atoms with Crippen LogP contribution in [0, 0.1) is 12.8 Å². The number of nitrogens with one attached hydrogen (secondary N) is 2. The summed E-state index contributed by atoms with van der Waals surface area (Å²) < 4.78 is 5.94. The van der Waals surface area contributed by atoms with E-state index in [4.69, 9.17) is 4.74 Å². The molecule has 2 N–H and O–H groups in total. The van der Waals surface area contributed by atoms with Crippen LogP contribution in [0.4, 0.5) is 0 Å². The van der Waals surface area contributed by atoms with Crippen LogP contribution >= 0.6 is 12.4 Å². The van der Waals surface area contributed by atoms with Crippen molar-refractivity contribution in [1.82, 2.24) is 10.6 Å². The molecule has 1 saturated heterocycles. The number of ether oxygens (including phenoxy) is 1. The minimum atomic E-state index is -0.119. The van der Waals surface area contributed by atoms with Crippen molar-refractivity contribution < 1.29 is 9.53 Å². The Bertz CT molecular complexity index is 571. The Morgan fingerprint density at radius 1 is 1.33 bits per heavy atom. The molecule has 1 aromatic carbocycles. The van der Waals surface area contributed by atoms with Gasteiger partial charge in [0.25, 0.3) is 0 Å². The van der Waals surface area contributed by atoms with Crippen molar-refractivity contribution in [3.63, 3.8) is 0 Å². The van der Waals surface area contributed by atoms with Gasteiger partial charge < -0.3 is 15.4 Å². The van der Waals surface area contributed by atoms with E-state index >= 15 is 0 Å². The summed E-state index contributed by atoms with van der Waals surface area (Å²) >= 11 is 0. The topological polar surface area (TPSA) is 50.4 Å². The van der Waals surface area contributed by atoms with Crippen LogP contribution in [0.2, 0.25) is 0 Å². The highest BCUT2D eigenvalue weighted by Gasteiger charge is 2.32. The van der Waals surface area contributed by atoms with Gasteiger partial charge in [0.15, 0.2) is 0 Å². The molecule has 3 rings (SSSR count). The van der Waals surface area contributed by atoms with E-state index in [-0.39, 0.29) is 30.3 Å². The van der Waals surface area contributed by atoms with Gasteiger partial charge in [-0.3, -0.25) is 4.79 Å². The third-order valence-corrected chi connectivity index (χ3v) is 4.71. The summed E-state index contributed by atoms with van der Waals surface area (Å²) in [4.78, 5) is 12.7. The number of benzene rings is 1. The molecule has 2 aliphatic heterocycles. The normalized spacial score (nSPS) is 23.8. The lowest BCUT2D eigenvalue weighted by atomic mass is 9.88. The summed E-state index contributed by atoms with van der Waals surface area (Å²) in [7, 11) is 0. The molecule has 1 aromatic rings. The number of hydrogen-bond acceptors (Lipinski definition) is 3. The van der Waals surface area contributed by atoms with E-state index in [1.54, 1.807) is 0 Å². The molecule has 0 bridgehead atoms. The standard InChI is InChI=1S/C19H26N2O2.ClH/c1-14-4-6-16(7-5-14)18-17(3-2-12-23-18)19(22)21-13-15-8-10-20-11-9-15;/h4-8,17-18,20H,2-3,9-13H2,1H3,(H,21,22);1H. The fourth-order valence-corrected chi connectivity index (χ4v) is 3.30. The smallest absolute Gasteiger partial charge is 0.226 e. The van der Waals surface area contributed by atoms with E-state index in [9.17, 15) is 4.79 Å². The third kappa shape index (κ3) is 4.82. The Morgan fingerprint density at radius 3 is 2.83 bits per heavy atom. The zero-order valence-corrected chi connectivity index (χ0v) is 15.0. The first-order valence-electron chi connectivity index (χ1n) is 8.58. The highest BCUT2D eigenvalue weighted by Crippen LogP contribution is 2.33. The van der Waals surface area contributed by atoms with E-state index in [0.29, 0.717) is 6.54 Å². The number of amides is 1. The Morgan fingerprint density at radius 2 is 2.12 bits per heavy atom. The van der Waals surface area contributed by atoms with Crippen LogP contribution in [0.15, 0.2) is 35.9 Å². The van der Waals surface area contributed by atoms with E-state index < -0.39 is 0 Å². The summed E-state index contributed by atoms with van der Waals surface area (Å²) in [5.41, 5.74) is 3.65. The Kier molecular flexibility index (Phi) is 7.28. The Hall–Kier alpha value is -1.36. The van der Waals surface area contributed by atoms with E-state index in [1.165, 1.54) is 11.1 Å². The van der Waals surface area contributed by atoms with E-state index in [1.807, 2.05) is 0 Å². The second kappa shape index (κ2) is 9.21. The van der Waals surface area contributed by atoms with Crippen molar-refractivity contribution in [2.45, 2.75) is 32.3 Å². The van der Waals surface area contributed by atoms with Crippen LogP contribution in [0.5, 0.6) is 0 Å². The van der Waals surface area contributed by atoms with Crippen LogP contribution in [-0.4, -0.2) is 32.1 Å². The van der Waals surface area contributed by atoms with Crippen LogP contribution in [0.25, 0.3) is 0 Å². The second-order valence-electron chi connectivity index (χ2n) is 6.49. The Labute approximate surface area is 150 Å². The second-order valence-corrected chi connectivity index (χ2v) is 6.49. The van der Waals surface area contributed by atoms with Crippen LogP contribution < -0.4 is 10.6 Å². The molecule has 0 saturated carbocycles. The van der Waals surface area contributed by atoms with E-state index in [0.717, 1.165) is 44.5 Å². The monoisotopic (exact) mass is 350 g/mol. The minimum absolute atomic E-state index is 0. The molecular formula is C19H27ClN2O2. The minimum Gasteiger partial charge on any atom is -0.373 e. The lowest BCUT2D eigenvalue weighted by Gasteiger charge is -2.31. The van der Waals surface area contributed by atoms with Crippen molar-refractivity contribution in [1.29, 1.82) is 0 Å². The van der Waals surface area contributed by atoms with Crippen molar-refractivity contribution in [3.05, 3.63) is 47.0 Å². The molecule has 2 heterocycles. The summed E-state index contributed by atoms with van der Waals surface area (Å²) in [5.74, 6) is 0.0310. The van der Waals surface area contributed by atoms with Gasteiger partial charge in [0, 0.05) is 19.7 Å². The Balaban J connectivity index is 0.00000208. The molecule has 5 heteroatoms. The van der Waals surface area contributed by atoms with Crippen molar-refractivity contribution >= 4 is 18.3 Å². The van der Waals surface area contributed by atoms with E-state index in [2.05, 4.69) is 47.9 Å².